The Hall–Kier alpha value is -0.760. The molecule has 15 heavy (non-hydrogen) atoms. The molecule has 0 aliphatic heterocycles. The first-order valence-electron chi connectivity index (χ1n) is 5.14. The number of hydrogen-bond donors (Lipinski definition) is 0. The highest BCUT2D eigenvalue weighted by atomic mass is 35.5. The molecule has 0 aliphatic rings. The molecule has 3 heteroatoms. The lowest BCUT2D eigenvalue weighted by Gasteiger charge is -2.11. The second-order valence-electron chi connectivity index (χ2n) is 3.75. The lowest BCUT2D eigenvalue weighted by molar-refractivity contribution is 0.255. The Kier molecular flexibility index (Phi) is 4.89. The van der Waals surface area contributed by atoms with Gasteiger partial charge in [0.05, 0.1) is 6.61 Å². The van der Waals surface area contributed by atoms with Crippen LogP contribution in [0.4, 0.5) is 4.39 Å². The smallest absolute Gasteiger partial charge is 0.127 e. The van der Waals surface area contributed by atoms with Crippen molar-refractivity contribution in [3.8, 4) is 5.75 Å². The van der Waals surface area contributed by atoms with Gasteiger partial charge in [-0.05, 0) is 23.6 Å². The van der Waals surface area contributed by atoms with Crippen molar-refractivity contribution in [1.29, 1.82) is 0 Å². The SMILES string of the molecule is CCC(C)COc1cc(F)cc(CCl)c1. The fourth-order valence-corrected chi connectivity index (χ4v) is 1.29. The maximum atomic E-state index is 13.1. The zero-order valence-corrected chi connectivity index (χ0v) is 9.85. The van der Waals surface area contributed by atoms with Crippen LogP contribution in [0.15, 0.2) is 18.2 Å². The van der Waals surface area contributed by atoms with Crippen molar-refractivity contribution >= 4 is 11.6 Å². The second-order valence-corrected chi connectivity index (χ2v) is 4.02. The van der Waals surface area contributed by atoms with E-state index >= 15 is 0 Å². The van der Waals surface area contributed by atoms with Gasteiger partial charge in [0, 0.05) is 11.9 Å². The van der Waals surface area contributed by atoms with Crippen molar-refractivity contribution in [3.05, 3.63) is 29.6 Å². The van der Waals surface area contributed by atoms with Crippen LogP contribution in [0, 0.1) is 11.7 Å². The molecular formula is C12H16ClFO. The lowest BCUT2D eigenvalue weighted by atomic mass is 10.1. The molecule has 0 amide bonds. The van der Waals surface area contributed by atoms with Crippen LogP contribution >= 0.6 is 11.6 Å². The molecule has 0 spiro atoms. The fourth-order valence-electron chi connectivity index (χ4n) is 1.14. The van der Waals surface area contributed by atoms with E-state index in [9.17, 15) is 4.39 Å². The van der Waals surface area contributed by atoms with Gasteiger partial charge in [-0.1, -0.05) is 20.3 Å². The molecule has 0 saturated carbocycles. The molecule has 0 saturated heterocycles. The molecule has 0 radical (unpaired) electrons. The Morgan fingerprint density at radius 1 is 1.40 bits per heavy atom. The number of alkyl halides is 1. The van der Waals surface area contributed by atoms with Gasteiger partial charge in [-0.25, -0.2) is 4.39 Å². The zero-order chi connectivity index (χ0) is 11.3. The molecule has 0 aromatic heterocycles. The number of hydrogen-bond acceptors (Lipinski definition) is 1. The zero-order valence-electron chi connectivity index (χ0n) is 9.09. The third-order valence-electron chi connectivity index (χ3n) is 2.32. The predicted molar refractivity (Wildman–Crippen MR) is 60.9 cm³/mol. The fraction of sp³-hybridized carbons (Fsp3) is 0.500. The van der Waals surface area contributed by atoms with Crippen molar-refractivity contribution in [2.75, 3.05) is 6.61 Å². The first-order chi connectivity index (χ1) is 7.15. The molecular weight excluding hydrogens is 215 g/mol. The van der Waals surface area contributed by atoms with Crippen LogP contribution in [0.5, 0.6) is 5.75 Å². The summed E-state index contributed by atoms with van der Waals surface area (Å²) in [5, 5.41) is 0. The normalized spacial score (nSPS) is 12.5. The van der Waals surface area contributed by atoms with Gasteiger partial charge < -0.3 is 4.74 Å². The molecule has 1 aromatic rings. The van der Waals surface area contributed by atoms with E-state index < -0.39 is 0 Å². The summed E-state index contributed by atoms with van der Waals surface area (Å²) in [7, 11) is 0. The average Bonchev–Trinajstić information content (AvgIpc) is 2.25. The summed E-state index contributed by atoms with van der Waals surface area (Å²) in [5.41, 5.74) is 0.746. The first kappa shape index (κ1) is 12.3. The van der Waals surface area contributed by atoms with Crippen LogP contribution in [0.25, 0.3) is 0 Å². The topological polar surface area (TPSA) is 9.23 Å². The van der Waals surface area contributed by atoms with Gasteiger partial charge in [-0.2, -0.15) is 0 Å². The molecule has 1 aromatic carbocycles. The molecule has 1 unspecified atom stereocenters. The van der Waals surface area contributed by atoms with Crippen molar-refractivity contribution in [3.63, 3.8) is 0 Å². The van der Waals surface area contributed by atoms with Gasteiger partial charge in [0.1, 0.15) is 11.6 Å². The summed E-state index contributed by atoms with van der Waals surface area (Å²) in [6.07, 6.45) is 1.05. The average molecular weight is 231 g/mol. The van der Waals surface area contributed by atoms with Crippen LogP contribution < -0.4 is 4.74 Å². The second kappa shape index (κ2) is 5.96. The molecule has 1 atom stereocenters. The van der Waals surface area contributed by atoms with E-state index in [0.29, 0.717) is 24.2 Å². The number of rotatable bonds is 5. The number of benzene rings is 1. The Bertz CT molecular complexity index is 314. The lowest BCUT2D eigenvalue weighted by Crippen LogP contribution is -2.07. The van der Waals surface area contributed by atoms with E-state index in [-0.39, 0.29) is 5.82 Å². The minimum atomic E-state index is -0.299. The third kappa shape index (κ3) is 4.08. The summed E-state index contributed by atoms with van der Waals surface area (Å²) in [6, 6.07) is 4.58. The number of halogens is 2. The Balaban J connectivity index is 2.64. The highest BCUT2D eigenvalue weighted by Crippen LogP contribution is 2.18. The van der Waals surface area contributed by atoms with E-state index in [1.165, 1.54) is 12.1 Å². The molecule has 0 fully saturated rings. The van der Waals surface area contributed by atoms with Gasteiger partial charge in [-0.3, -0.25) is 0 Å². The molecule has 1 nitrogen and oxygen atoms in total. The summed E-state index contributed by atoms with van der Waals surface area (Å²) in [5.74, 6) is 1.04. The van der Waals surface area contributed by atoms with Gasteiger partial charge in [-0.15, -0.1) is 11.6 Å². The minimum absolute atomic E-state index is 0.299. The van der Waals surface area contributed by atoms with Crippen LogP contribution in [0.3, 0.4) is 0 Å². The van der Waals surface area contributed by atoms with Gasteiger partial charge in [0.25, 0.3) is 0 Å². The van der Waals surface area contributed by atoms with Crippen molar-refractivity contribution in [1.82, 2.24) is 0 Å². The highest BCUT2D eigenvalue weighted by Gasteiger charge is 2.03. The molecule has 0 aliphatic carbocycles. The molecule has 84 valence electrons. The number of ether oxygens (including phenoxy) is 1. The van der Waals surface area contributed by atoms with E-state index in [1.54, 1.807) is 6.07 Å². The Morgan fingerprint density at radius 2 is 2.13 bits per heavy atom. The van der Waals surface area contributed by atoms with E-state index in [4.69, 9.17) is 16.3 Å². The quantitative estimate of drug-likeness (QED) is 0.695. The highest BCUT2D eigenvalue weighted by molar-refractivity contribution is 6.17. The minimum Gasteiger partial charge on any atom is -0.493 e. The van der Waals surface area contributed by atoms with Gasteiger partial charge in [0.2, 0.25) is 0 Å². The van der Waals surface area contributed by atoms with Crippen molar-refractivity contribution < 1.29 is 9.13 Å². The summed E-state index contributed by atoms with van der Waals surface area (Å²) in [6.45, 7) is 4.81. The maximum Gasteiger partial charge on any atom is 0.127 e. The van der Waals surface area contributed by atoms with E-state index in [0.717, 1.165) is 12.0 Å². The first-order valence-corrected chi connectivity index (χ1v) is 5.67. The van der Waals surface area contributed by atoms with Crippen LogP contribution in [0.1, 0.15) is 25.8 Å². The van der Waals surface area contributed by atoms with Crippen LogP contribution in [-0.2, 0) is 5.88 Å². The summed E-state index contributed by atoms with van der Waals surface area (Å²) in [4.78, 5) is 0. The molecule has 0 heterocycles. The van der Waals surface area contributed by atoms with Crippen molar-refractivity contribution in [2.24, 2.45) is 5.92 Å². The summed E-state index contributed by atoms with van der Waals surface area (Å²) < 4.78 is 18.6. The Morgan fingerprint density at radius 3 is 2.73 bits per heavy atom. The Labute approximate surface area is 95.2 Å². The van der Waals surface area contributed by atoms with Gasteiger partial charge >= 0.3 is 0 Å². The summed E-state index contributed by atoms with van der Waals surface area (Å²) >= 11 is 5.64. The molecule has 1 rings (SSSR count). The predicted octanol–water partition coefficient (Wildman–Crippen LogP) is 3.99. The molecule has 0 N–H and O–H groups in total. The van der Waals surface area contributed by atoms with Gasteiger partial charge in [0.15, 0.2) is 0 Å². The van der Waals surface area contributed by atoms with Crippen LogP contribution in [0.2, 0.25) is 0 Å². The standard InChI is InChI=1S/C12H16ClFO/c1-3-9(2)8-15-12-5-10(7-13)4-11(14)6-12/h4-6,9H,3,7-8H2,1-2H3. The maximum absolute atomic E-state index is 13.1. The van der Waals surface area contributed by atoms with Crippen LogP contribution in [-0.4, -0.2) is 6.61 Å². The largest absolute Gasteiger partial charge is 0.493 e. The third-order valence-corrected chi connectivity index (χ3v) is 2.63. The van der Waals surface area contributed by atoms with E-state index in [1.807, 2.05) is 0 Å². The molecule has 0 bridgehead atoms. The van der Waals surface area contributed by atoms with Crippen molar-refractivity contribution in [2.45, 2.75) is 26.1 Å². The monoisotopic (exact) mass is 230 g/mol. The van der Waals surface area contributed by atoms with E-state index in [2.05, 4.69) is 13.8 Å².